The molecule has 1 aliphatic rings. The van der Waals surface area contributed by atoms with Crippen LogP contribution in [0.1, 0.15) is 27.7 Å². The molecule has 0 aromatic heterocycles. The maximum Gasteiger partial charge on any atom is 0.486 e. The SMILES string of the molecule is CC1(C)OC(OC(=O)CCl)(C(F)(F)F)OC1(C)C. The minimum atomic E-state index is -5.03. The highest BCUT2D eigenvalue weighted by atomic mass is 35.5. The van der Waals surface area contributed by atoms with Gasteiger partial charge in [0.2, 0.25) is 0 Å². The number of hydrogen-bond donors (Lipinski definition) is 0. The molecular formula is C10H14ClF3O4. The van der Waals surface area contributed by atoms with Crippen molar-refractivity contribution in [2.75, 3.05) is 5.88 Å². The second-order valence-electron chi connectivity index (χ2n) is 4.89. The minimum Gasteiger partial charge on any atom is -0.400 e. The Hall–Kier alpha value is -0.530. The largest absolute Gasteiger partial charge is 0.486 e. The van der Waals surface area contributed by atoms with Gasteiger partial charge in [0.15, 0.2) is 0 Å². The lowest BCUT2D eigenvalue weighted by atomic mass is 9.90. The summed E-state index contributed by atoms with van der Waals surface area (Å²) in [5.41, 5.74) is -2.59. The fourth-order valence-corrected chi connectivity index (χ4v) is 1.39. The lowest BCUT2D eigenvalue weighted by Crippen LogP contribution is -2.51. The topological polar surface area (TPSA) is 44.8 Å². The number of alkyl halides is 4. The molecule has 1 saturated heterocycles. The molecule has 0 bridgehead atoms. The molecule has 0 radical (unpaired) electrons. The van der Waals surface area contributed by atoms with E-state index < -0.39 is 35.2 Å². The van der Waals surface area contributed by atoms with Gasteiger partial charge in [0.05, 0.1) is 11.2 Å². The van der Waals surface area contributed by atoms with Crippen LogP contribution in [-0.2, 0) is 19.0 Å². The van der Waals surface area contributed by atoms with E-state index in [4.69, 9.17) is 21.1 Å². The molecule has 1 heterocycles. The molecule has 0 spiro atoms. The zero-order chi connectivity index (χ0) is 14.4. The average Bonchev–Trinajstić information content (AvgIpc) is 2.31. The minimum absolute atomic E-state index is 0.731. The Balaban J connectivity index is 3.15. The van der Waals surface area contributed by atoms with Gasteiger partial charge in [-0.3, -0.25) is 4.79 Å². The first-order chi connectivity index (χ1) is 7.87. The van der Waals surface area contributed by atoms with Gasteiger partial charge in [-0.05, 0) is 27.7 Å². The summed E-state index contributed by atoms with van der Waals surface area (Å²) in [6, 6.07) is 0. The lowest BCUT2D eigenvalue weighted by molar-refractivity contribution is -0.447. The van der Waals surface area contributed by atoms with Crippen LogP contribution in [0.15, 0.2) is 0 Å². The van der Waals surface area contributed by atoms with E-state index in [1.165, 1.54) is 27.7 Å². The van der Waals surface area contributed by atoms with Gasteiger partial charge < -0.3 is 14.2 Å². The highest BCUT2D eigenvalue weighted by Gasteiger charge is 2.73. The van der Waals surface area contributed by atoms with Crippen molar-refractivity contribution in [1.82, 2.24) is 0 Å². The third kappa shape index (κ3) is 2.44. The monoisotopic (exact) mass is 290 g/mol. The van der Waals surface area contributed by atoms with Crippen molar-refractivity contribution in [3.63, 3.8) is 0 Å². The lowest BCUT2D eigenvalue weighted by Gasteiger charge is -2.29. The summed E-state index contributed by atoms with van der Waals surface area (Å²) in [7, 11) is 0. The van der Waals surface area contributed by atoms with E-state index in [0.29, 0.717) is 0 Å². The normalized spacial score (nSPS) is 24.9. The third-order valence-corrected chi connectivity index (χ3v) is 3.15. The van der Waals surface area contributed by atoms with Crippen molar-refractivity contribution in [2.24, 2.45) is 0 Å². The van der Waals surface area contributed by atoms with E-state index in [1.54, 1.807) is 0 Å². The molecule has 0 amide bonds. The average molecular weight is 291 g/mol. The highest BCUT2D eigenvalue weighted by molar-refractivity contribution is 6.26. The van der Waals surface area contributed by atoms with Crippen molar-refractivity contribution in [1.29, 1.82) is 0 Å². The Bertz CT molecular complexity index is 336. The molecule has 0 saturated carbocycles. The van der Waals surface area contributed by atoms with Gasteiger partial charge in [-0.2, -0.15) is 13.2 Å². The summed E-state index contributed by atoms with van der Waals surface area (Å²) in [6.07, 6.45) is -5.03. The molecule has 0 aromatic rings. The summed E-state index contributed by atoms with van der Waals surface area (Å²) in [6.45, 7) is 5.65. The number of rotatable bonds is 2. The van der Waals surface area contributed by atoms with Gasteiger partial charge in [0, 0.05) is 0 Å². The van der Waals surface area contributed by atoms with E-state index in [2.05, 4.69) is 4.74 Å². The second-order valence-corrected chi connectivity index (χ2v) is 5.15. The molecule has 4 nitrogen and oxygen atoms in total. The first-order valence-electron chi connectivity index (χ1n) is 5.12. The summed E-state index contributed by atoms with van der Waals surface area (Å²) in [5, 5.41) is 0. The summed E-state index contributed by atoms with van der Waals surface area (Å²) >= 11 is 5.13. The summed E-state index contributed by atoms with van der Waals surface area (Å²) < 4.78 is 53.0. The van der Waals surface area contributed by atoms with Crippen LogP contribution in [0, 0.1) is 0 Å². The molecule has 18 heavy (non-hydrogen) atoms. The van der Waals surface area contributed by atoms with Gasteiger partial charge in [-0.1, -0.05) is 0 Å². The zero-order valence-corrected chi connectivity index (χ0v) is 11.1. The van der Waals surface area contributed by atoms with E-state index in [0.717, 1.165) is 0 Å². The molecule has 1 aliphatic heterocycles. The van der Waals surface area contributed by atoms with Gasteiger partial charge in [0.1, 0.15) is 5.88 Å². The van der Waals surface area contributed by atoms with Gasteiger partial charge in [-0.15, -0.1) is 11.6 Å². The van der Waals surface area contributed by atoms with E-state index in [-0.39, 0.29) is 0 Å². The molecule has 1 fully saturated rings. The number of hydrogen-bond acceptors (Lipinski definition) is 4. The Morgan fingerprint density at radius 3 is 1.83 bits per heavy atom. The Morgan fingerprint density at radius 2 is 1.56 bits per heavy atom. The van der Waals surface area contributed by atoms with Crippen LogP contribution in [0.5, 0.6) is 0 Å². The smallest absolute Gasteiger partial charge is 0.400 e. The molecule has 8 heteroatoms. The van der Waals surface area contributed by atoms with Crippen LogP contribution in [0.3, 0.4) is 0 Å². The third-order valence-electron chi connectivity index (χ3n) is 2.93. The predicted octanol–water partition coefficient (Wildman–Crippen LogP) is 2.59. The van der Waals surface area contributed by atoms with Crippen molar-refractivity contribution in [3.05, 3.63) is 0 Å². The predicted molar refractivity (Wildman–Crippen MR) is 55.9 cm³/mol. The van der Waals surface area contributed by atoms with Crippen molar-refractivity contribution in [2.45, 2.75) is 51.0 Å². The van der Waals surface area contributed by atoms with E-state index >= 15 is 0 Å². The van der Waals surface area contributed by atoms with Crippen LogP contribution in [-0.4, -0.2) is 35.2 Å². The van der Waals surface area contributed by atoms with Gasteiger partial charge in [-0.25, -0.2) is 0 Å². The zero-order valence-electron chi connectivity index (χ0n) is 10.4. The van der Waals surface area contributed by atoms with E-state index in [9.17, 15) is 18.0 Å². The Labute approximate surface area is 107 Å². The first-order valence-corrected chi connectivity index (χ1v) is 5.65. The molecule has 106 valence electrons. The van der Waals surface area contributed by atoms with Crippen molar-refractivity contribution in [3.8, 4) is 0 Å². The Morgan fingerprint density at radius 1 is 1.17 bits per heavy atom. The molecule has 0 unspecified atom stereocenters. The quantitative estimate of drug-likeness (QED) is 0.579. The molecule has 1 rings (SSSR count). The van der Waals surface area contributed by atoms with Crippen LogP contribution in [0.2, 0.25) is 0 Å². The number of carbonyl (C=O) groups excluding carboxylic acids is 1. The molecule has 0 aliphatic carbocycles. The fraction of sp³-hybridized carbons (Fsp3) is 0.900. The highest BCUT2D eigenvalue weighted by Crippen LogP contribution is 2.51. The molecule has 0 atom stereocenters. The van der Waals surface area contributed by atoms with Crippen LogP contribution >= 0.6 is 11.6 Å². The maximum atomic E-state index is 13.0. The van der Waals surface area contributed by atoms with Gasteiger partial charge in [0.25, 0.3) is 0 Å². The maximum absolute atomic E-state index is 13.0. The Kier molecular flexibility index (Phi) is 3.66. The van der Waals surface area contributed by atoms with Crippen molar-refractivity contribution < 1.29 is 32.2 Å². The first kappa shape index (κ1) is 15.5. The van der Waals surface area contributed by atoms with Gasteiger partial charge >= 0.3 is 18.1 Å². The number of esters is 1. The molecule has 0 N–H and O–H groups in total. The van der Waals surface area contributed by atoms with E-state index in [1.807, 2.05) is 0 Å². The number of ether oxygens (including phenoxy) is 3. The van der Waals surface area contributed by atoms with Crippen LogP contribution < -0.4 is 0 Å². The molecular weight excluding hydrogens is 277 g/mol. The summed E-state index contributed by atoms with van der Waals surface area (Å²) in [4.78, 5) is 11.0. The second kappa shape index (κ2) is 4.25. The van der Waals surface area contributed by atoms with Crippen LogP contribution in [0.25, 0.3) is 0 Å². The fourth-order valence-electron chi connectivity index (χ4n) is 1.33. The number of halogens is 4. The standard InChI is InChI=1S/C10H14ClF3O4/c1-7(2)8(3,4)18-10(17-7,9(12,13)14)16-6(15)5-11/h5H2,1-4H3. The molecule has 0 aromatic carbocycles. The van der Waals surface area contributed by atoms with Crippen molar-refractivity contribution >= 4 is 17.6 Å². The summed E-state index contributed by atoms with van der Waals surface area (Å²) in [5.74, 6) is -5.42. The van der Waals surface area contributed by atoms with Crippen LogP contribution in [0.4, 0.5) is 13.2 Å². The number of carbonyl (C=O) groups is 1.